The molecular formula is C7H9ClN4O. The summed E-state index contributed by atoms with van der Waals surface area (Å²) < 4.78 is 0. The monoisotopic (exact) mass is 200 g/mol. The van der Waals surface area contributed by atoms with Gasteiger partial charge in [-0.25, -0.2) is 0 Å². The lowest BCUT2D eigenvalue weighted by Crippen LogP contribution is -2.32. The minimum absolute atomic E-state index is 0. The molecule has 1 amide bonds. The second-order valence-electron chi connectivity index (χ2n) is 2.51. The zero-order valence-electron chi connectivity index (χ0n) is 6.73. The van der Waals surface area contributed by atoms with E-state index < -0.39 is 5.91 Å². The van der Waals surface area contributed by atoms with Crippen molar-refractivity contribution in [2.45, 2.75) is 0 Å². The molecule has 0 bridgehead atoms. The second kappa shape index (κ2) is 3.49. The van der Waals surface area contributed by atoms with Gasteiger partial charge in [-0.15, -0.1) is 12.4 Å². The van der Waals surface area contributed by atoms with Crippen molar-refractivity contribution in [3.63, 3.8) is 0 Å². The summed E-state index contributed by atoms with van der Waals surface area (Å²) in [5.74, 6) is -0.437. The van der Waals surface area contributed by atoms with Gasteiger partial charge < -0.3 is 11.2 Å². The maximum Gasteiger partial charge on any atom is 0.252 e. The van der Waals surface area contributed by atoms with E-state index >= 15 is 0 Å². The van der Waals surface area contributed by atoms with Gasteiger partial charge in [0.25, 0.3) is 5.91 Å². The van der Waals surface area contributed by atoms with Crippen LogP contribution in [0.2, 0.25) is 0 Å². The van der Waals surface area contributed by atoms with Crippen molar-refractivity contribution >= 4 is 24.5 Å². The van der Waals surface area contributed by atoms with Crippen LogP contribution in [0.25, 0.3) is 0 Å². The predicted molar refractivity (Wildman–Crippen MR) is 50.9 cm³/mol. The number of carbonyl (C=O) groups excluding carboxylic acids is 1. The number of rotatable bonds is 1. The summed E-state index contributed by atoms with van der Waals surface area (Å²) in [7, 11) is 0. The Morgan fingerprint density at radius 3 is 3.15 bits per heavy atom. The first kappa shape index (κ1) is 9.60. The minimum Gasteiger partial charge on any atom is -0.365 e. The number of hydrogen-bond donors (Lipinski definition) is 2. The van der Waals surface area contributed by atoms with E-state index in [1.165, 1.54) is 0 Å². The van der Waals surface area contributed by atoms with Crippen molar-refractivity contribution in [3.05, 3.63) is 23.7 Å². The number of halogens is 1. The number of hydrogen-bond acceptors (Lipinski definition) is 4. The SMILES string of the molecule is Cl.NC(=O)C1=CNN2CC=NC=C12. The molecule has 0 atom stereocenters. The summed E-state index contributed by atoms with van der Waals surface area (Å²) in [5, 5.41) is 1.80. The van der Waals surface area contributed by atoms with Crippen molar-refractivity contribution < 1.29 is 4.79 Å². The van der Waals surface area contributed by atoms with E-state index in [4.69, 9.17) is 5.73 Å². The fraction of sp³-hybridized carbons (Fsp3) is 0.143. The minimum atomic E-state index is -0.437. The molecule has 0 aliphatic carbocycles. The molecule has 70 valence electrons. The topological polar surface area (TPSA) is 70.7 Å². The van der Waals surface area contributed by atoms with Crippen LogP contribution >= 0.6 is 12.4 Å². The fourth-order valence-electron chi connectivity index (χ4n) is 1.17. The van der Waals surface area contributed by atoms with Gasteiger partial charge in [-0.3, -0.25) is 14.8 Å². The smallest absolute Gasteiger partial charge is 0.252 e. The summed E-state index contributed by atoms with van der Waals surface area (Å²) in [6.07, 6.45) is 4.94. The maximum atomic E-state index is 10.9. The standard InChI is InChI=1S/C7H8N4O.ClH/c8-7(12)5-3-10-11-2-1-9-4-6(5)11;/h1,3-4,10H,2H2,(H2,8,12);1H. The molecule has 6 heteroatoms. The molecule has 2 aliphatic rings. The Bertz CT molecular complexity index is 320. The molecule has 0 saturated carbocycles. The lowest BCUT2D eigenvalue weighted by atomic mass is 10.2. The Balaban J connectivity index is 0.000000845. The van der Waals surface area contributed by atoms with Crippen molar-refractivity contribution in [1.82, 2.24) is 10.4 Å². The largest absolute Gasteiger partial charge is 0.365 e. The Morgan fingerprint density at radius 2 is 2.46 bits per heavy atom. The quantitative estimate of drug-likeness (QED) is 0.601. The van der Waals surface area contributed by atoms with Crippen LogP contribution in [0.1, 0.15) is 0 Å². The van der Waals surface area contributed by atoms with Crippen LogP contribution in [0.4, 0.5) is 0 Å². The van der Waals surface area contributed by atoms with Gasteiger partial charge in [-0.2, -0.15) is 0 Å². The van der Waals surface area contributed by atoms with E-state index in [0.717, 1.165) is 5.70 Å². The van der Waals surface area contributed by atoms with E-state index in [-0.39, 0.29) is 12.4 Å². The number of nitrogens with one attached hydrogen (secondary N) is 1. The summed E-state index contributed by atoms with van der Waals surface area (Å²) >= 11 is 0. The number of aliphatic imine (C=N–C) groups is 1. The third-order valence-electron chi connectivity index (χ3n) is 1.76. The average molecular weight is 201 g/mol. The van der Waals surface area contributed by atoms with Gasteiger partial charge in [0.15, 0.2) is 0 Å². The van der Waals surface area contributed by atoms with Crippen molar-refractivity contribution in [3.8, 4) is 0 Å². The molecule has 0 aromatic rings. The number of hydrazine groups is 1. The molecule has 0 aromatic heterocycles. The summed E-state index contributed by atoms with van der Waals surface area (Å²) in [4.78, 5) is 14.8. The van der Waals surface area contributed by atoms with Crippen LogP contribution in [0.5, 0.6) is 0 Å². The highest BCUT2D eigenvalue weighted by molar-refractivity contribution is 5.97. The van der Waals surface area contributed by atoms with Gasteiger partial charge in [0.1, 0.15) is 0 Å². The van der Waals surface area contributed by atoms with E-state index in [2.05, 4.69) is 10.4 Å². The first-order valence-electron chi connectivity index (χ1n) is 3.55. The molecule has 0 saturated heterocycles. The van der Waals surface area contributed by atoms with Gasteiger partial charge >= 0.3 is 0 Å². The van der Waals surface area contributed by atoms with E-state index in [9.17, 15) is 4.79 Å². The van der Waals surface area contributed by atoms with Gasteiger partial charge in [0, 0.05) is 12.4 Å². The lowest BCUT2D eigenvalue weighted by Gasteiger charge is -2.20. The highest BCUT2D eigenvalue weighted by atomic mass is 35.5. The lowest BCUT2D eigenvalue weighted by molar-refractivity contribution is -0.114. The van der Waals surface area contributed by atoms with E-state index in [0.29, 0.717) is 12.1 Å². The highest BCUT2D eigenvalue weighted by Gasteiger charge is 2.24. The Hall–Kier alpha value is -1.49. The Labute approximate surface area is 81.4 Å². The van der Waals surface area contributed by atoms with Crippen molar-refractivity contribution in [2.24, 2.45) is 10.7 Å². The first-order chi connectivity index (χ1) is 5.79. The first-order valence-corrected chi connectivity index (χ1v) is 3.55. The summed E-state index contributed by atoms with van der Waals surface area (Å²) in [6, 6.07) is 0. The van der Waals surface area contributed by atoms with Crippen LogP contribution in [0, 0.1) is 0 Å². The molecule has 3 N–H and O–H groups in total. The van der Waals surface area contributed by atoms with Crippen molar-refractivity contribution in [2.75, 3.05) is 6.54 Å². The van der Waals surface area contributed by atoms with Crippen LogP contribution in [0.15, 0.2) is 28.7 Å². The zero-order valence-corrected chi connectivity index (χ0v) is 7.54. The Kier molecular flexibility index (Phi) is 2.57. The van der Waals surface area contributed by atoms with Gasteiger partial charge in [0.2, 0.25) is 0 Å². The molecule has 0 fully saturated rings. The van der Waals surface area contributed by atoms with Crippen LogP contribution in [0.3, 0.4) is 0 Å². The number of fused-ring (bicyclic) bond motifs is 1. The zero-order chi connectivity index (χ0) is 8.55. The molecule has 2 heterocycles. The van der Waals surface area contributed by atoms with E-state index in [1.807, 2.05) is 0 Å². The average Bonchev–Trinajstić information content (AvgIpc) is 2.47. The van der Waals surface area contributed by atoms with E-state index in [1.54, 1.807) is 23.6 Å². The molecule has 0 radical (unpaired) electrons. The third kappa shape index (κ3) is 1.50. The van der Waals surface area contributed by atoms with Crippen LogP contribution in [-0.4, -0.2) is 23.7 Å². The number of primary amides is 1. The van der Waals surface area contributed by atoms with Crippen LogP contribution in [-0.2, 0) is 4.79 Å². The number of nitrogens with two attached hydrogens (primary N) is 1. The van der Waals surface area contributed by atoms with Gasteiger partial charge in [-0.05, 0) is 0 Å². The molecule has 0 aromatic carbocycles. The fourth-order valence-corrected chi connectivity index (χ4v) is 1.17. The highest BCUT2D eigenvalue weighted by Crippen LogP contribution is 2.19. The maximum absolute atomic E-state index is 10.9. The molecule has 5 nitrogen and oxygen atoms in total. The van der Waals surface area contributed by atoms with Gasteiger partial charge in [-0.1, -0.05) is 0 Å². The number of nitrogens with zero attached hydrogens (tertiary/aromatic N) is 2. The molecule has 13 heavy (non-hydrogen) atoms. The molecular weight excluding hydrogens is 192 g/mol. The molecule has 0 spiro atoms. The summed E-state index contributed by atoms with van der Waals surface area (Å²) in [6.45, 7) is 0.652. The molecule has 2 rings (SSSR count). The third-order valence-corrected chi connectivity index (χ3v) is 1.76. The van der Waals surface area contributed by atoms with Crippen LogP contribution < -0.4 is 11.2 Å². The molecule has 2 aliphatic heterocycles. The molecule has 0 unspecified atom stereocenters. The summed E-state index contributed by atoms with van der Waals surface area (Å²) in [5.41, 5.74) is 9.26. The normalized spacial score (nSPS) is 18.0. The Morgan fingerprint density at radius 1 is 1.69 bits per heavy atom. The second-order valence-corrected chi connectivity index (χ2v) is 2.51. The number of amides is 1. The number of carbonyl (C=O) groups is 1. The van der Waals surface area contributed by atoms with Crippen molar-refractivity contribution in [1.29, 1.82) is 0 Å². The van der Waals surface area contributed by atoms with Gasteiger partial charge in [0.05, 0.1) is 24.0 Å². The predicted octanol–water partition coefficient (Wildman–Crippen LogP) is -0.477.